The summed E-state index contributed by atoms with van der Waals surface area (Å²) in [6.07, 6.45) is 5.57. The molecule has 1 aliphatic heterocycles. The number of morpholine rings is 1. The SMILES string of the molecule is Fc1ccc(-c2nn3cc(C4CNCCO4)ccc3c2-c2ccncc2)cc1. The second-order valence-electron chi connectivity index (χ2n) is 6.82. The summed E-state index contributed by atoms with van der Waals surface area (Å²) in [7, 11) is 0. The summed E-state index contributed by atoms with van der Waals surface area (Å²) in [5, 5.41) is 8.20. The Morgan fingerprint density at radius 1 is 1.00 bits per heavy atom. The Balaban J connectivity index is 1.69. The zero-order valence-electron chi connectivity index (χ0n) is 15.2. The summed E-state index contributed by atoms with van der Waals surface area (Å²) in [6.45, 7) is 2.36. The van der Waals surface area contributed by atoms with Crippen LogP contribution in [-0.2, 0) is 4.74 Å². The number of rotatable bonds is 3. The first-order valence-corrected chi connectivity index (χ1v) is 9.30. The van der Waals surface area contributed by atoms with E-state index in [-0.39, 0.29) is 11.9 Å². The van der Waals surface area contributed by atoms with Crippen molar-refractivity contribution in [1.29, 1.82) is 0 Å². The highest BCUT2D eigenvalue weighted by molar-refractivity contribution is 5.92. The van der Waals surface area contributed by atoms with E-state index in [1.807, 2.05) is 22.8 Å². The van der Waals surface area contributed by atoms with Crippen molar-refractivity contribution in [2.24, 2.45) is 0 Å². The maximum Gasteiger partial charge on any atom is 0.123 e. The van der Waals surface area contributed by atoms with E-state index in [1.54, 1.807) is 24.5 Å². The minimum absolute atomic E-state index is 0.0148. The van der Waals surface area contributed by atoms with Gasteiger partial charge in [-0.25, -0.2) is 8.91 Å². The van der Waals surface area contributed by atoms with Gasteiger partial charge in [0.25, 0.3) is 0 Å². The Bertz CT molecular complexity index is 1100. The number of halogens is 1. The molecular formula is C22H19FN4O. The predicted octanol–water partition coefficient (Wildman–Crippen LogP) is 3.86. The smallest absolute Gasteiger partial charge is 0.123 e. The molecule has 0 spiro atoms. The Labute approximate surface area is 161 Å². The second-order valence-corrected chi connectivity index (χ2v) is 6.82. The number of hydrogen-bond donors (Lipinski definition) is 1. The highest BCUT2D eigenvalue weighted by Gasteiger charge is 2.20. The zero-order chi connectivity index (χ0) is 18.9. The first-order valence-electron chi connectivity index (χ1n) is 9.30. The van der Waals surface area contributed by atoms with E-state index in [2.05, 4.69) is 22.4 Å². The van der Waals surface area contributed by atoms with E-state index < -0.39 is 0 Å². The third kappa shape index (κ3) is 3.06. The number of benzene rings is 1. The molecule has 5 nitrogen and oxygen atoms in total. The van der Waals surface area contributed by atoms with E-state index >= 15 is 0 Å². The Kier molecular flexibility index (Phi) is 4.35. The number of fused-ring (bicyclic) bond motifs is 1. The van der Waals surface area contributed by atoms with E-state index in [0.29, 0.717) is 6.61 Å². The van der Waals surface area contributed by atoms with Gasteiger partial charge in [0.2, 0.25) is 0 Å². The molecule has 1 saturated heterocycles. The van der Waals surface area contributed by atoms with Gasteiger partial charge < -0.3 is 10.1 Å². The van der Waals surface area contributed by atoms with Gasteiger partial charge in [-0.2, -0.15) is 5.10 Å². The molecule has 1 aliphatic rings. The van der Waals surface area contributed by atoms with Crippen LogP contribution in [0.25, 0.3) is 27.9 Å². The molecule has 1 N–H and O–H groups in total. The van der Waals surface area contributed by atoms with Crippen molar-refractivity contribution in [2.75, 3.05) is 19.7 Å². The van der Waals surface area contributed by atoms with Gasteiger partial charge in [-0.3, -0.25) is 4.98 Å². The molecule has 4 aromatic rings. The van der Waals surface area contributed by atoms with Gasteiger partial charge in [0.05, 0.1) is 18.2 Å². The molecule has 3 aromatic heterocycles. The minimum Gasteiger partial charge on any atom is -0.371 e. The van der Waals surface area contributed by atoms with Gasteiger partial charge in [0.1, 0.15) is 11.5 Å². The molecule has 6 heteroatoms. The molecule has 1 aromatic carbocycles. The molecule has 28 heavy (non-hydrogen) atoms. The first-order chi connectivity index (χ1) is 13.8. The third-order valence-electron chi connectivity index (χ3n) is 5.04. The van der Waals surface area contributed by atoms with Crippen molar-refractivity contribution < 1.29 is 9.13 Å². The summed E-state index contributed by atoms with van der Waals surface area (Å²) >= 11 is 0. The molecule has 1 atom stereocenters. The fraction of sp³-hybridized carbons (Fsp3) is 0.182. The van der Waals surface area contributed by atoms with E-state index in [1.165, 1.54) is 12.1 Å². The molecule has 0 aliphatic carbocycles. The van der Waals surface area contributed by atoms with Crippen LogP contribution in [0.2, 0.25) is 0 Å². The molecule has 0 bridgehead atoms. The number of hydrogen-bond acceptors (Lipinski definition) is 4. The molecule has 140 valence electrons. The predicted molar refractivity (Wildman–Crippen MR) is 105 cm³/mol. The summed E-state index contributed by atoms with van der Waals surface area (Å²) in [6, 6.07) is 14.5. The van der Waals surface area contributed by atoms with Crippen molar-refractivity contribution in [3.8, 4) is 22.4 Å². The topological polar surface area (TPSA) is 51.5 Å². The standard InChI is InChI=1S/C22H19FN4O/c23-18-4-1-16(2-5-18)22-21(15-7-9-24-10-8-15)19-6-3-17(14-27(19)26-22)20-13-25-11-12-28-20/h1-10,14,20,25H,11-13H2. The summed E-state index contributed by atoms with van der Waals surface area (Å²) in [5.41, 5.74) is 5.77. The van der Waals surface area contributed by atoms with Crippen LogP contribution in [0.15, 0.2) is 67.1 Å². The number of pyridine rings is 2. The second kappa shape index (κ2) is 7.14. The number of nitrogens with one attached hydrogen (secondary N) is 1. The normalized spacial score (nSPS) is 17.1. The van der Waals surface area contributed by atoms with Gasteiger partial charge in [-0.1, -0.05) is 6.07 Å². The summed E-state index contributed by atoms with van der Waals surface area (Å²) in [4.78, 5) is 4.12. The van der Waals surface area contributed by atoms with Gasteiger partial charge in [-0.15, -0.1) is 0 Å². The van der Waals surface area contributed by atoms with E-state index in [0.717, 1.165) is 46.6 Å². The van der Waals surface area contributed by atoms with E-state index in [9.17, 15) is 4.39 Å². The Morgan fingerprint density at radius 3 is 2.57 bits per heavy atom. The molecule has 1 fully saturated rings. The lowest BCUT2D eigenvalue weighted by Gasteiger charge is -2.23. The summed E-state index contributed by atoms with van der Waals surface area (Å²) in [5.74, 6) is -0.262. The van der Waals surface area contributed by atoms with Crippen LogP contribution in [0, 0.1) is 5.82 Å². The lowest BCUT2D eigenvalue weighted by atomic mass is 10.0. The van der Waals surface area contributed by atoms with Gasteiger partial charge in [-0.05, 0) is 48.0 Å². The highest BCUT2D eigenvalue weighted by Crippen LogP contribution is 2.35. The fourth-order valence-electron chi connectivity index (χ4n) is 3.65. The lowest BCUT2D eigenvalue weighted by Crippen LogP contribution is -2.33. The first kappa shape index (κ1) is 17.0. The number of ether oxygens (including phenoxy) is 1. The maximum atomic E-state index is 13.4. The molecule has 4 heterocycles. The third-order valence-corrected chi connectivity index (χ3v) is 5.04. The van der Waals surface area contributed by atoms with Crippen LogP contribution >= 0.6 is 0 Å². The quantitative estimate of drug-likeness (QED) is 0.592. The van der Waals surface area contributed by atoms with Crippen molar-refractivity contribution in [3.05, 3.63) is 78.5 Å². The Hall–Kier alpha value is -3.09. The average molecular weight is 374 g/mol. The van der Waals surface area contributed by atoms with Crippen LogP contribution in [0.4, 0.5) is 4.39 Å². The van der Waals surface area contributed by atoms with Crippen molar-refractivity contribution in [1.82, 2.24) is 19.9 Å². The largest absolute Gasteiger partial charge is 0.371 e. The summed E-state index contributed by atoms with van der Waals surface area (Å²) < 4.78 is 21.2. The maximum absolute atomic E-state index is 13.4. The van der Waals surface area contributed by atoms with Gasteiger partial charge >= 0.3 is 0 Å². The van der Waals surface area contributed by atoms with Gasteiger partial charge in [0.15, 0.2) is 0 Å². The number of nitrogens with zero attached hydrogens (tertiary/aromatic N) is 3. The van der Waals surface area contributed by atoms with Crippen molar-refractivity contribution in [3.63, 3.8) is 0 Å². The molecule has 0 saturated carbocycles. The zero-order valence-corrected chi connectivity index (χ0v) is 15.2. The monoisotopic (exact) mass is 374 g/mol. The van der Waals surface area contributed by atoms with Crippen molar-refractivity contribution in [2.45, 2.75) is 6.10 Å². The van der Waals surface area contributed by atoms with Crippen LogP contribution in [-0.4, -0.2) is 34.3 Å². The van der Waals surface area contributed by atoms with Crippen LogP contribution in [0.5, 0.6) is 0 Å². The van der Waals surface area contributed by atoms with Crippen molar-refractivity contribution >= 4 is 5.52 Å². The number of aromatic nitrogens is 3. The fourth-order valence-corrected chi connectivity index (χ4v) is 3.65. The van der Waals surface area contributed by atoms with Gasteiger partial charge in [0, 0.05) is 48.4 Å². The molecular weight excluding hydrogens is 355 g/mol. The van der Waals surface area contributed by atoms with Crippen LogP contribution in [0.3, 0.4) is 0 Å². The Morgan fingerprint density at radius 2 is 1.82 bits per heavy atom. The molecule has 0 radical (unpaired) electrons. The molecule has 1 unspecified atom stereocenters. The average Bonchev–Trinajstić information content (AvgIpc) is 3.14. The molecule has 0 amide bonds. The minimum atomic E-state index is -0.262. The van der Waals surface area contributed by atoms with Crippen LogP contribution in [0.1, 0.15) is 11.7 Å². The lowest BCUT2D eigenvalue weighted by molar-refractivity contribution is 0.0274. The molecule has 5 rings (SSSR count). The van der Waals surface area contributed by atoms with E-state index in [4.69, 9.17) is 9.84 Å². The highest BCUT2D eigenvalue weighted by atomic mass is 19.1. The van der Waals surface area contributed by atoms with Crippen LogP contribution < -0.4 is 5.32 Å².